The molecule has 39 heavy (non-hydrogen) atoms. The second-order valence-corrected chi connectivity index (χ2v) is 9.50. The topological polar surface area (TPSA) is 106 Å². The van der Waals surface area contributed by atoms with Gasteiger partial charge in [0.1, 0.15) is 29.2 Å². The minimum absolute atomic E-state index is 0.212. The summed E-state index contributed by atoms with van der Waals surface area (Å²) in [5, 5.41) is 5.96. The number of aromatic nitrogens is 3. The minimum Gasteiger partial charge on any atom is -0.382 e. The summed E-state index contributed by atoms with van der Waals surface area (Å²) in [6, 6.07) is 1.83. The Balaban J connectivity index is 1.62. The maximum Gasteiger partial charge on any atom is 0.418 e. The molecule has 8 nitrogen and oxygen atoms in total. The number of hydrogen-bond donors (Lipinski definition) is 2. The fourth-order valence-corrected chi connectivity index (χ4v) is 4.19. The van der Waals surface area contributed by atoms with Gasteiger partial charge in [0.2, 0.25) is 5.91 Å². The van der Waals surface area contributed by atoms with Gasteiger partial charge < -0.3 is 16.0 Å². The van der Waals surface area contributed by atoms with Crippen LogP contribution in [0.25, 0.3) is 16.8 Å². The Morgan fingerprint density at radius 2 is 1.72 bits per heavy atom. The maximum atomic E-state index is 14.6. The number of hydrogen-bond acceptors (Lipinski definition) is 5. The predicted molar refractivity (Wildman–Crippen MR) is 120 cm³/mol. The highest BCUT2D eigenvalue weighted by atomic mass is 19.4. The molecule has 3 N–H and O–H groups in total. The Hall–Kier alpha value is -3.98. The second-order valence-electron chi connectivity index (χ2n) is 9.50. The van der Waals surface area contributed by atoms with Gasteiger partial charge in [0.05, 0.1) is 23.8 Å². The summed E-state index contributed by atoms with van der Waals surface area (Å²) in [5.41, 5.74) is 0.0874. The lowest BCUT2D eigenvalue weighted by atomic mass is 9.91. The first-order chi connectivity index (χ1) is 17.9. The molecule has 4 rings (SSSR count). The molecule has 1 aliphatic rings. The number of carbonyl (C=O) groups is 2. The number of fused-ring (bicyclic) bond motifs is 1. The molecule has 0 radical (unpaired) electrons. The van der Waals surface area contributed by atoms with Crippen molar-refractivity contribution in [3.05, 3.63) is 47.5 Å². The second kappa shape index (κ2) is 9.34. The van der Waals surface area contributed by atoms with Crippen LogP contribution in [0, 0.1) is 11.2 Å². The normalized spacial score (nSPS) is 18.6. The van der Waals surface area contributed by atoms with Crippen molar-refractivity contribution in [2.75, 3.05) is 18.8 Å². The first-order valence-corrected chi connectivity index (χ1v) is 11.2. The lowest BCUT2D eigenvalue weighted by Crippen LogP contribution is -2.49. The Morgan fingerprint density at radius 1 is 1.05 bits per heavy atom. The molecule has 0 unspecified atom stereocenters. The molecule has 0 spiro atoms. The van der Waals surface area contributed by atoms with E-state index in [9.17, 15) is 44.7 Å². The van der Waals surface area contributed by atoms with E-state index in [2.05, 4.69) is 15.4 Å². The number of nitrogens with zero attached hydrogens (tertiary/aromatic N) is 4. The fraction of sp³-hybridized carbons (Fsp3) is 0.391. The van der Waals surface area contributed by atoms with E-state index in [0.29, 0.717) is 24.8 Å². The predicted octanol–water partition coefficient (Wildman–Crippen LogP) is 4.00. The van der Waals surface area contributed by atoms with Crippen molar-refractivity contribution in [2.45, 2.75) is 38.4 Å². The molecule has 210 valence electrons. The van der Waals surface area contributed by atoms with Gasteiger partial charge in [0, 0.05) is 17.7 Å². The number of likely N-dealkylation sites (tertiary alicyclic amines) is 1. The molecule has 2 atom stereocenters. The average molecular weight is 564 g/mol. The van der Waals surface area contributed by atoms with Crippen molar-refractivity contribution < 1.29 is 44.7 Å². The lowest BCUT2D eigenvalue weighted by molar-refractivity contribution is -0.216. The third-order valence-corrected chi connectivity index (χ3v) is 6.44. The molecular weight excluding hydrogens is 544 g/mol. The number of halogens is 8. The van der Waals surface area contributed by atoms with Crippen molar-refractivity contribution in [1.29, 1.82) is 0 Å². The number of nitrogens with one attached hydrogen (secondary N) is 1. The van der Waals surface area contributed by atoms with Gasteiger partial charge in [-0.2, -0.15) is 31.4 Å². The summed E-state index contributed by atoms with van der Waals surface area (Å²) >= 11 is 0. The number of benzene rings is 1. The summed E-state index contributed by atoms with van der Waals surface area (Å²) < 4.78 is 110. The van der Waals surface area contributed by atoms with Gasteiger partial charge in [0.15, 0.2) is 5.82 Å². The number of rotatable bonds is 4. The lowest BCUT2D eigenvalue weighted by Gasteiger charge is -2.30. The summed E-state index contributed by atoms with van der Waals surface area (Å²) in [5.74, 6) is -3.99. The summed E-state index contributed by atoms with van der Waals surface area (Å²) in [6.07, 6.45) is -10.8. The number of amides is 2. The van der Waals surface area contributed by atoms with E-state index in [1.54, 1.807) is 0 Å². The van der Waals surface area contributed by atoms with Crippen LogP contribution in [0.1, 0.15) is 29.8 Å². The van der Waals surface area contributed by atoms with Gasteiger partial charge in [-0.25, -0.2) is 18.3 Å². The van der Waals surface area contributed by atoms with Crippen LogP contribution in [0.2, 0.25) is 0 Å². The van der Waals surface area contributed by atoms with Crippen LogP contribution < -0.4 is 11.1 Å². The first-order valence-electron chi connectivity index (χ1n) is 11.2. The minimum atomic E-state index is -4.90. The van der Waals surface area contributed by atoms with Gasteiger partial charge in [0.25, 0.3) is 5.91 Å². The van der Waals surface area contributed by atoms with Crippen LogP contribution in [-0.4, -0.2) is 62.8 Å². The smallest absolute Gasteiger partial charge is 0.382 e. The van der Waals surface area contributed by atoms with E-state index >= 15 is 0 Å². The quantitative estimate of drug-likeness (QED) is 0.466. The van der Waals surface area contributed by atoms with Crippen LogP contribution in [0.15, 0.2) is 30.6 Å². The third-order valence-electron chi connectivity index (χ3n) is 6.44. The van der Waals surface area contributed by atoms with Gasteiger partial charge in [-0.1, -0.05) is 0 Å². The number of anilines is 1. The summed E-state index contributed by atoms with van der Waals surface area (Å²) in [7, 11) is 0. The van der Waals surface area contributed by atoms with Crippen LogP contribution in [0.5, 0.6) is 0 Å². The van der Waals surface area contributed by atoms with E-state index in [4.69, 9.17) is 5.73 Å². The van der Waals surface area contributed by atoms with Gasteiger partial charge in [-0.05, 0) is 38.1 Å². The number of nitrogens with two attached hydrogens (primary N) is 1. The van der Waals surface area contributed by atoms with Gasteiger partial charge >= 0.3 is 12.4 Å². The standard InChI is InChI=1S/C23H20F8N6O2/c1-21(2,23(29,30)31)20(39)36-7-14(25)15(8-36)35-19(38)11-3-10(4-12(24)5-11)16-6-13(22(26,27)28)17-18(32)33-9-34-37(16)17/h3-6,9,14-15H,7-8H2,1-2H3,(H,35,38)(H2,32,33,34)/t14-,15+/m0/s1. The fourth-order valence-electron chi connectivity index (χ4n) is 4.19. The Bertz CT molecular complexity index is 1450. The zero-order chi connectivity index (χ0) is 29.1. The van der Waals surface area contributed by atoms with Crippen LogP contribution >= 0.6 is 0 Å². The van der Waals surface area contributed by atoms with E-state index in [1.807, 2.05) is 0 Å². The molecule has 1 saturated heterocycles. The molecule has 2 aromatic heterocycles. The molecular formula is C23H20F8N6O2. The van der Waals surface area contributed by atoms with Crippen LogP contribution in [0.3, 0.4) is 0 Å². The Kier molecular flexibility index (Phi) is 6.71. The molecule has 2 amide bonds. The molecule has 1 aliphatic heterocycles. The maximum absolute atomic E-state index is 14.6. The van der Waals surface area contributed by atoms with Gasteiger partial charge in [-0.3, -0.25) is 9.59 Å². The zero-order valence-electron chi connectivity index (χ0n) is 20.2. The molecule has 0 aliphatic carbocycles. The molecule has 16 heteroatoms. The molecule has 0 saturated carbocycles. The number of alkyl halides is 7. The van der Waals surface area contributed by atoms with Crippen molar-refractivity contribution in [3.63, 3.8) is 0 Å². The molecule has 3 aromatic rings. The average Bonchev–Trinajstić information content (AvgIpc) is 3.39. The van der Waals surface area contributed by atoms with E-state index in [-0.39, 0.29) is 11.3 Å². The monoisotopic (exact) mass is 564 g/mol. The van der Waals surface area contributed by atoms with E-state index < -0.39 is 83.2 Å². The third kappa shape index (κ3) is 5.06. The highest BCUT2D eigenvalue weighted by Gasteiger charge is 2.55. The zero-order valence-corrected chi connectivity index (χ0v) is 20.2. The van der Waals surface area contributed by atoms with E-state index in [1.165, 1.54) is 0 Å². The largest absolute Gasteiger partial charge is 0.418 e. The summed E-state index contributed by atoms with van der Waals surface area (Å²) in [6.45, 7) is 0.00462. The first kappa shape index (κ1) is 28.0. The van der Waals surface area contributed by atoms with Crippen LogP contribution in [0.4, 0.5) is 40.9 Å². The van der Waals surface area contributed by atoms with Gasteiger partial charge in [-0.15, -0.1) is 0 Å². The van der Waals surface area contributed by atoms with Crippen molar-refractivity contribution in [3.8, 4) is 11.3 Å². The van der Waals surface area contributed by atoms with Crippen LogP contribution in [-0.2, 0) is 11.0 Å². The SMILES string of the molecule is CC(C)(C(=O)N1C[C@H](F)[C@H](NC(=O)c2cc(F)cc(-c3cc(C(F)(F)F)c4c(N)ncnn34)c2)C1)C(F)(F)F. The molecule has 3 heterocycles. The molecule has 1 aromatic carbocycles. The Morgan fingerprint density at radius 3 is 2.33 bits per heavy atom. The number of carbonyl (C=O) groups excluding carboxylic acids is 2. The molecule has 0 bridgehead atoms. The molecule has 1 fully saturated rings. The highest BCUT2D eigenvalue weighted by Crippen LogP contribution is 2.40. The number of nitrogen functional groups attached to an aromatic ring is 1. The highest BCUT2D eigenvalue weighted by molar-refractivity contribution is 5.96. The van der Waals surface area contributed by atoms with Crippen molar-refractivity contribution >= 4 is 23.1 Å². The Labute approximate surface area is 214 Å². The van der Waals surface area contributed by atoms with Crippen molar-refractivity contribution in [2.24, 2.45) is 5.41 Å². The van der Waals surface area contributed by atoms with E-state index in [0.717, 1.165) is 29.0 Å². The van der Waals surface area contributed by atoms with Crippen molar-refractivity contribution in [1.82, 2.24) is 24.8 Å². The summed E-state index contributed by atoms with van der Waals surface area (Å²) in [4.78, 5) is 29.4.